The van der Waals surface area contributed by atoms with Crippen LogP contribution in [-0.4, -0.2) is 9.97 Å². The Morgan fingerprint density at radius 2 is 1.29 bits per heavy atom. The van der Waals surface area contributed by atoms with Crippen molar-refractivity contribution < 1.29 is 46.5 Å². The molecule has 8 aromatic rings. The van der Waals surface area contributed by atoms with Crippen LogP contribution in [0.3, 0.4) is 0 Å². The van der Waals surface area contributed by atoms with Crippen LogP contribution in [0.1, 0.15) is 96.9 Å². The van der Waals surface area contributed by atoms with E-state index in [4.69, 9.17) is 26.3 Å². The fourth-order valence-electron chi connectivity index (χ4n) is 6.61. The number of hydrogen-bond acceptors (Lipinski definition) is 3. The van der Waals surface area contributed by atoms with E-state index in [9.17, 15) is 0 Å². The van der Waals surface area contributed by atoms with Gasteiger partial charge in [0.1, 0.15) is 5.58 Å². The summed E-state index contributed by atoms with van der Waals surface area (Å²) in [4.78, 5) is 8.85. The number of fused-ring (bicyclic) bond motifs is 3. The Bertz CT molecular complexity index is 3310. The first kappa shape index (κ1) is 26.1. The number of hydrogen-bond donors (Lipinski definition) is 0. The molecule has 1 radical (unpaired) electrons. The van der Waals surface area contributed by atoms with Gasteiger partial charge in [-0.3, -0.25) is 0 Å². The van der Waals surface area contributed by atoms with Gasteiger partial charge in [-0.05, 0) is 100 Å². The minimum atomic E-state index is -2.70. The molecule has 3 nitrogen and oxygen atoms in total. The molecule has 0 saturated carbocycles. The van der Waals surface area contributed by atoms with Crippen molar-refractivity contribution in [2.75, 3.05) is 0 Å². The minimum Gasteiger partial charge on any atom is -0.500 e. The monoisotopic (exact) mass is 955 g/mol. The van der Waals surface area contributed by atoms with Crippen LogP contribution in [0.15, 0.2) is 126 Å². The fraction of sp³-hybridized carbons (Fsp3) is 0.259. The first-order valence-corrected chi connectivity index (χ1v) is 18.6. The van der Waals surface area contributed by atoms with Gasteiger partial charge in [0.25, 0.3) is 0 Å². The Balaban J connectivity index is 0.000000258. The van der Waals surface area contributed by atoms with Crippen LogP contribution >= 0.6 is 0 Å². The van der Waals surface area contributed by atoms with Crippen molar-refractivity contribution in [3.05, 3.63) is 167 Å². The maximum atomic E-state index is 8.69. The predicted molar refractivity (Wildman–Crippen MR) is 240 cm³/mol. The molecule has 0 aliphatic heterocycles. The van der Waals surface area contributed by atoms with Crippen LogP contribution in [-0.2, 0) is 32.9 Å². The van der Waals surface area contributed by atoms with E-state index in [1.54, 1.807) is 69.4 Å². The summed E-state index contributed by atoms with van der Waals surface area (Å²) in [5.41, 5.74) is 3.14. The molecular formula is C54H54IrN2O-2. The average Bonchev–Trinajstić information content (AvgIpc) is 3.69. The molecular weight excluding hydrogens is 885 g/mol. The van der Waals surface area contributed by atoms with Gasteiger partial charge in [-0.1, -0.05) is 150 Å². The van der Waals surface area contributed by atoms with Crippen molar-refractivity contribution in [2.24, 2.45) is 10.8 Å². The van der Waals surface area contributed by atoms with Crippen molar-refractivity contribution in [1.82, 2.24) is 9.97 Å². The molecule has 0 saturated heterocycles. The number of aryl methyl sites for hydroxylation is 4. The van der Waals surface area contributed by atoms with Crippen molar-refractivity contribution >= 4 is 21.9 Å². The molecule has 0 bridgehead atoms. The van der Waals surface area contributed by atoms with Gasteiger partial charge in [-0.2, -0.15) is 0 Å². The zero-order valence-electron chi connectivity index (χ0n) is 49.2. The molecule has 0 N–H and O–H groups in total. The van der Waals surface area contributed by atoms with Crippen molar-refractivity contribution in [3.63, 3.8) is 0 Å². The van der Waals surface area contributed by atoms with E-state index in [1.807, 2.05) is 51.1 Å². The summed E-state index contributed by atoms with van der Waals surface area (Å²) >= 11 is 0. The Morgan fingerprint density at radius 3 is 2.00 bits per heavy atom. The van der Waals surface area contributed by atoms with E-state index >= 15 is 0 Å². The first-order chi connectivity index (χ1) is 33.5. The fourth-order valence-corrected chi connectivity index (χ4v) is 6.61. The second kappa shape index (κ2) is 17.4. The summed E-state index contributed by atoms with van der Waals surface area (Å²) in [5, 5.41) is 1.19. The quantitative estimate of drug-likeness (QED) is 0.156. The number of rotatable bonds is 6. The van der Waals surface area contributed by atoms with Crippen LogP contribution in [0, 0.1) is 50.4 Å². The Kier molecular flexibility index (Phi) is 7.80. The molecule has 0 amide bonds. The van der Waals surface area contributed by atoms with Crippen LogP contribution in [0.5, 0.6) is 0 Å². The van der Waals surface area contributed by atoms with Crippen molar-refractivity contribution in [1.29, 1.82) is 0 Å². The van der Waals surface area contributed by atoms with Crippen LogP contribution < -0.4 is 0 Å². The molecule has 297 valence electrons. The molecule has 8 rings (SSSR count). The Hall–Kier alpha value is -5.15. The second-order valence-corrected chi connectivity index (χ2v) is 16.0. The van der Waals surface area contributed by atoms with Crippen molar-refractivity contribution in [2.45, 2.75) is 81.7 Å². The summed E-state index contributed by atoms with van der Waals surface area (Å²) in [6.07, 6.45) is -0.690. The zero-order valence-corrected chi connectivity index (χ0v) is 35.6. The summed E-state index contributed by atoms with van der Waals surface area (Å²) in [6.45, 7) is 0.679. The van der Waals surface area contributed by atoms with Crippen LogP contribution in [0.25, 0.3) is 66.7 Å². The third-order valence-corrected chi connectivity index (χ3v) is 9.04. The topological polar surface area (TPSA) is 38.9 Å². The smallest absolute Gasteiger partial charge is 0.123 e. The van der Waals surface area contributed by atoms with Gasteiger partial charge in [-0.15, -0.1) is 47.5 Å². The molecule has 0 aliphatic rings. The average molecular weight is 955 g/mol. The number of pyridine rings is 2. The molecule has 0 aliphatic carbocycles. The van der Waals surface area contributed by atoms with Gasteiger partial charge in [0.05, 0.1) is 5.58 Å². The third kappa shape index (κ3) is 9.75. The van der Waals surface area contributed by atoms with E-state index < -0.39 is 51.0 Å². The number of para-hydroxylation sites is 1. The standard InChI is InChI=1S/C31H30NO.C23H24N.Ir/c1-19-9-7-10-24-25-11-8-12-26(30(25)33-29(19)24)28-16-27(21(3)18-32-28)23-14-13-22(15-20(23)2)17-31(4,5)6;1-17-10-12-20(14-21(17)19-8-6-5-7-9-19)22-13-11-18(16-24-22)15-23(2,3)4;/h7-11,13-16,18H,17H2,1-6H3;5-11,13-14,16H,15H2,1-4H3;/q2*-1;/i1D3,2D3,3D3,17D2;1D3,15D2;. The summed E-state index contributed by atoms with van der Waals surface area (Å²) in [6, 6.07) is 36.2. The second-order valence-electron chi connectivity index (χ2n) is 16.0. The third-order valence-electron chi connectivity index (χ3n) is 9.04. The molecule has 5 aromatic carbocycles. The maximum Gasteiger partial charge on any atom is 0.123 e. The SMILES string of the molecule is [2H]C([2H])([2H])c1c[c-]c(-c2ccc(C([2H])([2H])C(C)(C)C)cn2)cc1-c1ccccc1.[2H]C([2H])([2H])c1cnc(-c2[c-]ccc3c2oc2c(C([2H])([2H])[2H])cccc23)cc1-c1ccc(C([2H])([2H])C(C)(C)C)cc1C([2H])([2H])[2H].[Ir]. The summed E-state index contributed by atoms with van der Waals surface area (Å²) < 4.78 is 137. The van der Waals surface area contributed by atoms with E-state index in [1.165, 1.54) is 42.6 Å². The summed E-state index contributed by atoms with van der Waals surface area (Å²) in [5.74, 6) is 0. The normalized spacial score (nSPS) is 17.1. The van der Waals surface area contributed by atoms with Crippen LogP contribution in [0.2, 0.25) is 0 Å². The van der Waals surface area contributed by atoms with E-state index in [-0.39, 0.29) is 70.3 Å². The molecule has 3 heterocycles. The zero-order chi connectivity index (χ0) is 54.1. The van der Waals surface area contributed by atoms with Gasteiger partial charge in [-0.25, -0.2) is 0 Å². The number of aromatic nitrogens is 2. The minimum absolute atomic E-state index is 0. The van der Waals surface area contributed by atoms with Crippen LogP contribution in [0.4, 0.5) is 0 Å². The molecule has 0 unspecified atom stereocenters. The molecule has 0 fully saturated rings. The number of nitrogens with zero attached hydrogens (tertiary/aromatic N) is 2. The predicted octanol–water partition coefficient (Wildman–Crippen LogP) is 14.7. The van der Waals surface area contributed by atoms with E-state index in [2.05, 4.69) is 22.1 Å². The largest absolute Gasteiger partial charge is 0.500 e. The van der Waals surface area contributed by atoms with Gasteiger partial charge in [0.15, 0.2) is 0 Å². The maximum absolute atomic E-state index is 8.69. The molecule has 3 aromatic heterocycles. The van der Waals surface area contributed by atoms with Gasteiger partial charge >= 0.3 is 0 Å². The van der Waals surface area contributed by atoms with E-state index in [0.717, 1.165) is 5.56 Å². The summed E-state index contributed by atoms with van der Waals surface area (Å²) in [7, 11) is 0. The molecule has 0 spiro atoms. The Morgan fingerprint density at radius 1 is 0.586 bits per heavy atom. The number of benzene rings is 5. The van der Waals surface area contributed by atoms with Gasteiger partial charge < -0.3 is 14.4 Å². The number of furan rings is 1. The Labute approximate surface area is 381 Å². The van der Waals surface area contributed by atoms with Crippen molar-refractivity contribution in [3.8, 4) is 44.8 Å². The van der Waals surface area contributed by atoms with Gasteiger partial charge in [0, 0.05) is 59.8 Å². The first-order valence-electron chi connectivity index (χ1n) is 26.6. The molecule has 58 heavy (non-hydrogen) atoms. The van der Waals surface area contributed by atoms with Gasteiger partial charge in [0.2, 0.25) is 0 Å². The van der Waals surface area contributed by atoms with E-state index in [0.29, 0.717) is 44.3 Å². The molecule has 0 atom stereocenters. The molecule has 4 heteroatoms.